The van der Waals surface area contributed by atoms with Crippen LogP contribution in [-0.2, 0) is 0 Å². The number of anilines is 1. The van der Waals surface area contributed by atoms with Crippen LogP contribution in [0.1, 0.15) is 10.4 Å². The number of aromatic nitrogens is 2. The molecule has 3 aromatic rings. The first-order chi connectivity index (χ1) is 12.1. The lowest BCUT2D eigenvalue weighted by atomic mass is 10.1. The predicted octanol–water partition coefficient (Wildman–Crippen LogP) is 2.33. The van der Waals surface area contributed by atoms with E-state index >= 15 is 0 Å². The summed E-state index contributed by atoms with van der Waals surface area (Å²) in [5, 5.41) is 0. The average Bonchev–Trinajstić information content (AvgIpc) is 3.08. The van der Waals surface area contributed by atoms with Gasteiger partial charge in [0.2, 0.25) is 0 Å². The van der Waals surface area contributed by atoms with Crippen LogP contribution < -0.4 is 5.73 Å². The summed E-state index contributed by atoms with van der Waals surface area (Å²) in [6, 6.07) is 9.77. The van der Waals surface area contributed by atoms with Gasteiger partial charge in [0, 0.05) is 36.6 Å². The molecule has 1 aliphatic rings. The molecule has 2 N–H and O–H groups in total. The van der Waals surface area contributed by atoms with E-state index in [0.29, 0.717) is 5.82 Å². The van der Waals surface area contributed by atoms with E-state index in [4.69, 9.17) is 5.73 Å². The second-order valence-corrected chi connectivity index (χ2v) is 7.31. The highest BCUT2D eigenvalue weighted by atomic mass is 32.1. The summed E-state index contributed by atoms with van der Waals surface area (Å²) >= 11 is 1.55. The maximum Gasteiger partial charge on any atom is 0.253 e. The zero-order valence-electron chi connectivity index (χ0n) is 14.0. The van der Waals surface area contributed by atoms with Gasteiger partial charge in [-0.2, -0.15) is 0 Å². The number of nitrogens with two attached hydrogens (primary N) is 1. The van der Waals surface area contributed by atoms with E-state index in [1.165, 1.54) is 6.33 Å². The Bertz CT molecular complexity index is 930. The van der Waals surface area contributed by atoms with Crippen molar-refractivity contribution in [1.29, 1.82) is 0 Å². The third-order valence-corrected chi connectivity index (χ3v) is 5.72. The Balaban J connectivity index is 1.64. The van der Waals surface area contributed by atoms with Gasteiger partial charge in [-0.1, -0.05) is 12.1 Å². The van der Waals surface area contributed by atoms with Crippen molar-refractivity contribution in [1.82, 2.24) is 19.8 Å². The standard InChI is InChI=1S/C18H19N5OS/c1-22-5-7-23(8-6-22)18(24)13-4-2-3-12(9-13)15-10-14-16(25-15)17(19)21-11-20-14/h2-4,9-11H,5-8H2,1H3,(H2,19,20,21). The summed E-state index contributed by atoms with van der Waals surface area (Å²) in [6.07, 6.45) is 1.47. The summed E-state index contributed by atoms with van der Waals surface area (Å²) in [6.45, 7) is 3.38. The van der Waals surface area contributed by atoms with Gasteiger partial charge in [0.15, 0.2) is 0 Å². The second kappa shape index (κ2) is 6.42. The molecule has 25 heavy (non-hydrogen) atoms. The molecule has 2 aromatic heterocycles. The van der Waals surface area contributed by atoms with Gasteiger partial charge in [-0.15, -0.1) is 11.3 Å². The smallest absolute Gasteiger partial charge is 0.253 e. The molecule has 128 valence electrons. The molecule has 0 unspecified atom stereocenters. The number of piperazine rings is 1. The third-order valence-electron chi connectivity index (χ3n) is 4.52. The molecule has 1 aromatic carbocycles. The minimum absolute atomic E-state index is 0.0929. The van der Waals surface area contributed by atoms with Crippen LogP contribution in [0.15, 0.2) is 36.7 Å². The van der Waals surface area contributed by atoms with E-state index in [0.717, 1.165) is 52.4 Å². The molecule has 6 nitrogen and oxygen atoms in total. The highest BCUT2D eigenvalue weighted by Crippen LogP contribution is 2.35. The molecule has 0 spiro atoms. The van der Waals surface area contributed by atoms with Gasteiger partial charge in [-0.3, -0.25) is 4.79 Å². The first-order valence-electron chi connectivity index (χ1n) is 8.20. The minimum Gasteiger partial charge on any atom is -0.382 e. The molecule has 0 bridgehead atoms. The van der Waals surface area contributed by atoms with Gasteiger partial charge >= 0.3 is 0 Å². The quantitative estimate of drug-likeness (QED) is 0.765. The second-order valence-electron chi connectivity index (χ2n) is 6.26. The number of likely N-dealkylation sites (N-methyl/N-ethyl adjacent to an activating group) is 1. The SMILES string of the molecule is CN1CCN(C(=O)c2cccc(-c3cc4ncnc(N)c4s3)c2)CC1. The molecule has 4 rings (SSSR count). The Labute approximate surface area is 149 Å². The summed E-state index contributed by atoms with van der Waals surface area (Å²) < 4.78 is 0.883. The van der Waals surface area contributed by atoms with Gasteiger partial charge < -0.3 is 15.5 Å². The normalized spacial score (nSPS) is 15.6. The first kappa shape index (κ1) is 16.0. The zero-order valence-corrected chi connectivity index (χ0v) is 14.8. The average molecular weight is 353 g/mol. The number of thiophene rings is 1. The number of fused-ring (bicyclic) bond motifs is 1. The van der Waals surface area contributed by atoms with Crippen LogP contribution in [0.3, 0.4) is 0 Å². The molecule has 1 saturated heterocycles. The number of carbonyl (C=O) groups is 1. The van der Waals surface area contributed by atoms with Crippen molar-refractivity contribution in [3.05, 3.63) is 42.2 Å². The summed E-state index contributed by atoms with van der Waals surface area (Å²) in [5.41, 5.74) is 8.49. The molecular weight excluding hydrogens is 334 g/mol. The fourth-order valence-corrected chi connectivity index (χ4v) is 4.02. The molecule has 1 aliphatic heterocycles. The van der Waals surface area contributed by atoms with Crippen molar-refractivity contribution in [3.63, 3.8) is 0 Å². The number of hydrogen-bond donors (Lipinski definition) is 1. The van der Waals surface area contributed by atoms with Crippen molar-refractivity contribution in [2.24, 2.45) is 0 Å². The van der Waals surface area contributed by atoms with Crippen LogP contribution in [0.4, 0.5) is 5.82 Å². The Kier molecular flexibility index (Phi) is 4.10. The van der Waals surface area contributed by atoms with Crippen molar-refractivity contribution < 1.29 is 4.79 Å². The molecular formula is C18H19N5OS. The topological polar surface area (TPSA) is 75.3 Å². The molecule has 7 heteroatoms. The van der Waals surface area contributed by atoms with Gasteiger partial charge in [-0.05, 0) is 30.8 Å². The molecule has 0 aliphatic carbocycles. The number of carbonyl (C=O) groups excluding carboxylic acids is 1. The minimum atomic E-state index is 0.0929. The first-order valence-corrected chi connectivity index (χ1v) is 9.02. The van der Waals surface area contributed by atoms with Crippen LogP contribution in [-0.4, -0.2) is 58.9 Å². The van der Waals surface area contributed by atoms with Crippen LogP contribution in [0.5, 0.6) is 0 Å². The monoisotopic (exact) mass is 353 g/mol. The van der Waals surface area contributed by atoms with Gasteiger partial charge in [-0.25, -0.2) is 9.97 Å². The lowest BCUT2D eigenvalue weighted by Gasteiger charge is -2.32. The summed E-state index contributed by atoms with van der Waals surface area (Å²) in [4.78, 5) is 26.3. The number of nitrogen functional groups attached to an aromatic ring is 1. The van der Waals surface area contributed by atoms with Gasteiger partial charge in [0.1, 0.15) is 12.1 Å². The van der Waals surface area contributed by atoms with Crippen LogP contribution in [0.25, 0.3) is 20.7 Å². The number of nitrogens with zero attached hydrogens (tertiary/aromatic N) is 4. The van der Waals surface area contributed by atoms with E-state index in [2.05, 4.69) is 21.9 Å². The van der Waals surface area contributed by atoms with Gasteiger partial charge in [0.25, 0.3) is 5.91 Å². The van der Waals surface area contributed by atoms with E-state index in [-0.39, 0.29) is 5.91 Å². The lowest BCUT2D eigenvalue weighted by Crippen LogP contribution is -2.47. The molecule has 1 fully saturated rings. The van der Waals surface area contributed by atoms with Crippen molar-refractivity contribution in [3.8, 4) is 10.4 Å². The van der Waals surface area contributed by atoms with Crippen LogP contribution in [0, 0.1) is 0 Å². The van der Waals surface area contributed by atoms with Crippen molar-refractivity contribution in [2.75, 3.05) is 39.0 Å². The van der Waals surface area contributed by atoms with E-state index in [1.807, 2.05) is 35.2 Å². The molecule has 1 amide bonds. The lowest BCUT2D eigenvalue weighted by molar-refractivity contribution is 0.0664. The maximum atomic E-state index is 12.8. The number of hydrogen-bond acceptors (Lipinski definition) is 6. The fraction of sp³-hybridized carbons (Fsp3) is 0.278. The predicted molar refractivity (Wildman–Crippen MR) is 101 cm³/mol. The van der Waals surface area contributed by atoms with Crippen LogP contribution in [0.2, 0.25) is 0 Å². The molecule has 3 heterocycles. The Morgan fingerprint density at radius 3 is 2.72 bits per heavy atom. The van der Waals surface area contributed by atoms with Crippen LogP contribution >= 0.6 is 11.3 Å². The fourth-order valence-electron chi connectivity index (χ4n) is 3.01. The molecule has 0 atom stereocenters. The largest absolute Gasteiger partial charge is 0.382 e. The highest BCUT2D eigenvalue weighted by molar-refractivity contribution is 7.22. The zero-order chi connectivity index (χ0) is 17.4. The van der Waals surface area contributed by atoms with E-state index in [1.54, 1.807) is 11.3 Å². The van der Waals surface area contributed by atoms with Gasteiger partial charge in [0.05, 0.1) is 10.2 Å². The molecule has 0 saturated carbocycles. The number of benzene rings is 1. The van der Waals surface area contributed by atoms with E-state index < -0.39 is 0 Å². The van der Waals surface area contributed by atoms with E-state index in [9.17, 15) is 4.79 Å². The van der Waals surface area contributed by atoms with Crippen molar-refractivity contribution in [2.45, 2.75) is 0 Å². The number of amides is 1. The Morgan fingerprint density at radius 1 is 1.16 bits per heavy atom. The number of rotatable bonds is 2. The Morgan fingerprint density at radius 2 is 1.96 bits per heavy atom. The summed E-state index contributed by atoms with van der Waals surface area (Å²) in [7, 11) is 2.08. The molecule has 0 radical (unpaired) electrons. The summed E-state index contributed by atoms with van der Waals surface area (Å²) in [5.74, 6) is 0.585. The maximum absolute atomic E-state index is 12.8. The van der Waals surface area contributed by atoms with Crippen molar-refractivity contribution >= 4 is 33.3 Å². The highest BCUT2D eigenvalue weighted by Gasteiger charge is 2.20. The Hall–Kier alpha value is -2.51. The third kappa shape index (κ3) is 3.08.